The van der Waals surface area contributed by atoms with Gasteiger partial charge in [-0.05, 0) is 26.0 Å². The van der Waals surface area contributed by atoms with E-state index in [1.54, 1.807) is 0 Å². The Bertz CT molecular complexity index is 456. The summed E-state index contributed by atoms with van der Waals surface area (Å²) in [6, 6.07) is 8.26. The van der Waals surface area contributed by atoms with Gasteiger partial charge in [0.05, 0.1) is 5.69 Å². The van der Waals surface area contributed by atoms with Crippen LogP contribution < -0.4 is 0 Å². The zero-order valence-electron chi connectivity index (χ0n) is 8.82. The average molecular weight is 219 g/mol. The van der Waals surface area contributed by atoms with E-state index in [9.17, 15) is 0 Å². The zero-order chi connectivity index (χ0) is 10.8. The molecule has 1 heterocycles. The predicted octanol–water partition coefficient (Wildman–Crippen LogP) is 3.39. The highest BCUT2D eigenvalue weighted by Crippen LogP contribution is 2.23. The minimum atomic E-state index is 0.605. The summed E-state index contributed by atoms with van der Waals surface area (Å²) in [6.45, 7) is 4.15. The first-order valence-electron chi connectivity index (χ1n) is 4.84. The fourth-order valence-corrected chi connectivity index (χ4v) is 1.79. The van der Waals surface area contributed by atoms with Gasteiger partial charge >= 0.3 is 0 Å². The van der Waals surface area contributed by atoms with Gasteiger partial charge in [-0.2, -0.15) is 12.6 Å². The fraction of sp³-hybridized carbons (Fsp3) is 0.250. The van der Waals surface area contributed by atoms with Gasteiger partial charge in [0, 0.05) is 17.4 Å². The van der Waals surface area contributed by atoms with Crippen molar-refractivity contribution >= 4 is 12.6 Å². The van der Waals surface area contributed by atoms with Crippen LogP contribution in [-0.2, 0) is 5.75 Å². The molecule has 0 bridgehead atoms. The number of benzene rings is 1. The van der Waals surface area contributed by atoms with Crippen molar-refractivity contribution < 1.29 is 4.52 Å². The van der Waals surface area contributed by atoms with E-state index in [-0.39, 0.29) is 0 Å². The minimum Gasteiger partial charge on any atom is -0.356 e. The minimum absolute atomic E-state index is 0.605. The quantitative estimate of drug-likeness (QED) is 0.783. The van der Waals surface area contributed by atoms with Crippen LogP contribution in [0.5, 0.6) is 0 Å². The van der Waals surface area contributed by atoms with Crippen molar-refractivity contribution in [3.05, 3.63) is 41.1 Å². The van der Waals surface area contributed by atoms with Crippen LogP contribution in [0.2, 0.25) is 0 Å². The lowest BCUT2D eigenvalue weighted by Crippen LogP contribution is -1.80. The Morgan fingerprint density at radius 1 is 1.13 bits per heavy atom. The third-order valence-electron chi connectivity index (χ3n) is 2.23. The van der Waals surface area contributed by atoms with E-state index in [2.05, 4.69) is 49.8 Å². The van der Waals surface area contributed by atoms with Crippen LogP contribution in [0.1, 0.15) is 16.8 Å². The van der Waals surface area contributed by atoms with E-state index in [0.717, 1.165) is 17.0 Å². The number of rotatable bonds is 2. The fourth-order valence-electron chi connectivity index (χ4n) is 1.64. The van der Waals surface area contributed by atoms with Crippen LogP contribution in [0.25, 0.3) is 11.3 Å². The maximum Gasteiger partial charge on any atom is 0.167 e. The molecule has 2 aromatic rings. The highest BCUT2D eigenvalue weighted by Gasteiger charge is 2.06. The summed E-state index contributed by atoms with van der Waals surface area (Å²) < 4.78 is 5.25. The lowest BCUT2D eigenvalue weighted by molar-refractivity contribution is 0.426. The molecule has 1 aromatic heterocycles. The third-order valence-corrected chi connectivity index (χ3v) is 2.55. The van der Waals surface area contributed by atoms with Crippen molar-refractivity contribution in [3.63, 3.8) is 0 Å². The Hall–Kier alpha value is -1.22. The molecule has 2 rings (SSSR count). The number of hydrogen-bond acceptors (Lipinski definition) is 3. The number of thiol groups is 1. The van der Waals surface area contributed by atoms with E-state index in [1.165, 1.54) is 11.1 Å². The molecule has 78 valence electrons. The molecule has 0 amide bonds. The van der Waals surface area contributed by atoms with Crippen molar-refractivity contribution in [3.8, 4) is 11.3 Å². The molecular formula is C12H13NOS. The van der Waals surface area contributed by atoms with Gasteiger partial charge in [0.15, 0.2) is 5.76 Å². The number of aromatic nitrogens is 1. The van der Waals surface area contributed by atoms with Crippen LogP contribution in [0.4, 0.5) is 0 Å². The Morgan fingerprint density at radius 2 is 1.80 bits per heavy atom. The summed E-state index contributed by atoms with van der Waals surface area (Å²) in [5.41, 5.74) is 4.41. The van der Waals surface area contributed by atoms with Gasteiger partial charge in [0.1, 0.15) is 0 Å². The molecule has 0 aliphatic heterocycles. The summed E-state index contributed by atoms with van der Waals surface area (Å²) in [6.07, 6.45) is 0. The van der Waals surface area contributed by atoms with Gasteiger partial charge in [0.2, 0.25) is 0 Å². The first-order valence-corrected chi connectivity index (χ1v) is 5.47. The Balaban J connectivity index is 2.44. The highest BCUT2D eigenvalue weighted by atomic mass is 32.1. The van der Waals surface area contributed by atoms with Crippen molar-refractivity contribution in [2.75, 3.05) is 0 Å². The molecule has 0 saturated heterocycles. The van der Waals surface area contributed by atoms with Gasteiger partial charge in [-0.1, -0.05) is 22.3 Å². The molecule has 2 nitrogen and oxygen atoms in total. The molecule has 15 heavy (non-hydrogen) atoms. The van der Waals surface area contributed by atoms with Gasteiger partial charge in [-0.25, -0.2) is 0 Å². The second-order valence-corrected chi connectivity index (χ2v) is 4.03. The Morgan fingerprint density at radius 3 is 2.33 bits per heavy atom. The molecule has 1 aromatic carbocycles. The zero-order valence-corrected chi connectivity index (χ0v) is 9.71. The van der Waals surface area contributed by atoms with Crippen LogP contribution in [0.15, 0.2) is 28.8 Å². The molecular weight excluding hydrogens is 206 g/mol. The predicted molar refractivity (Wildman–Crippen MR) is 64.1 cm³/mol. The van der Waals surface area contributed by atoms with E-state index < -0.39 is 0 Å². The Kier molecular flexibility index (Phi) is 2.82. The van der Waals surface area contributed by atoms with E-state index in [0.29, 0.717) is 5.75 Å². The molecule has 0 unspecified atom stereocenters. The normalized spacial score (nSPS) is 10.6. The largest absolute Gasteiger partial charge is 0.356 e. The summed E-state index contributed by atoms with van der Waals surface area (Å²) in [4.78, 5) is 0. The molecule has 0 fully saturated rings. The van der Waals surface area contributed by atoms with E-state index in [1.807, 2.05) is 6.07 Å². The van der Waals surface area contributed by atoms with E-state index >= 15 is 0 Å². The molecule has 0 spiro atoms. The van der Waals surface area contributed by atoms with Crippen LogP contribution in [0.3, 0.4) is 0 Å². The smallest absolute Gasteiger partial charge is 0.167 e. The third kappa shape index (κ3) is 2.23. The number of aryl methyl sites for hydroxylation is 2. The second-order valence-electron chi connectivity index (χ2n) is 3.72. The molecule has 0 radical (unpaired) electrons. The summed E-state index contributed by atoms with van der Waals surface area (Å²) in [5, 5.41) is 3.92. The summed E-state index contributed by atoms with van der Waals surface area (Å²) >= 11 is 4.15. The molecule has 3 heteroatoms. The first kappa shape index (κ1) is 10.3. The molecule has 0 aliphatic rings. The molecule has 0 saturated carbocycles. The highest BCUT2D eigenvalue weighted by molar-refractivity contribution is 7.79. The maximum atomic E-state index is 5.25. The monoisotopic (exact) mass is 219 g/mol. The summed E-state index contributed by atoms with van der Waals surface area (Å²) in [5.74, 6) is 1.42. The van der Waals surface area contributed by atoms with Gasteiger partial charge in [-0.3, -0.25) is 0 Å². The van der Waals surface area contributed by atoms with Crippen LogP contribution in [0, 0.1) is 13.8 Å². The van der Waals surface area contributed by atoms with Crippen molar-refractivity contribution in [2.24, 2.45) is 0 Å². The molecule has 0 atom stereocenters. The SMILES string of the molecule is Cc1cc(C)cc(-c2cc(CS)no2)c1. The lowest BCUT2D eigenvalue weighted by Gasteiger charge is -2.00. The summed E-state index contributed by atoms with van der Waals surface area (Å²) in [7, 11) is 0. The second kappa shape index (κ2) is 4.11. The lowest BCUT2D eigenvalue weighted by atomic mass is 10.1. The van der Waals surface area contributed by atoms with Gasteiger partial charge < -0.3 is 4.52 Å². The number of nitrogens with zero attached hydrogens (tertiary/aromatic N) is 1. The first-order chi connectivity index (χ1) is 7.19. The maximum absolute atomic E-state index is 5.25. The van der Waals surface area contributed by atoms with Crippen LogP contribution >= 0.6 is 12.6 Å². The Labute approximate surface area is 94.7 Å². The standard InChI is InChI=1S/C12H13NOS/c1-8-3-9(2)5-10(4-8)12-6-11(7-15)13-14-12/h3-6,15H,7H2,1-2H3. The van der Waals surface area contributed by atoms with Crippen molar-refractivity contribution in [1.82, 2.24) is 5.16 Å². The number of hydrogen-bond donors (Lipinski definition) is 1. The van der Waals surface area contributed by atoms with Crippen molar-refractivity contribution in [1.29, 1.82) is 0 Å². The molecule has 0 N–H and O–H groups in total. The van der Waals surface area contributed by atoms with Gasteiger partial charge in [-0.15, -0.1) is 0 Å². The molecule has 0 aliphatic carbocycles. The topological polar surface area (TPSA) is 26.0 Å². The van der Waals surface area contributed by atoms with Gasteiger partial charge in [0.25, 0.3) is 0 Å². The van der Waals surface area contributed by atoms with Crippen molar-refractivity contribution in [2.45, 2.75) is 19.6 Å². The van der Waals surface area contributed by atoms with E-state index in [4.69, 9.17) is 4.52 Å². The average Bonchev–Trinajstić information content (AvgIpc) is 2.64. The van der Waals surface area contributed by atoms with Crippen LogP contribution in [-0.4, -0.2) is 5.16 Å².